The molecule has 0 aromatic heterocycles. The molecule has 0 N–H and O–H groups in total. The Hall–Kier alpha value is -2.47. The first-order chi connectivity index (χ1) is 18.3. The smallest absolute Gasteiger partial charge is 0.416 e. The summed E-state index contributed by atoms with van der Waals surface area (Å²) in [5, 5.41) is 0.189. The van der Waals surface area contributed by atoms with E-state index in [4.69, 9.17) is 21.1 Å². The fraction of sp³-hybridized carbons (Fsp3) is 0.444. The minimum Gasteiger partial charge on any atom is -0.469 e. The largest absolute Gasteiger partial charge is 0.469 e. The number of carbonyl (C=O) groups is 1. The van der Waals surface area contributed by atoms with Gasteiger partial charge in [-0.1, -0.05) is 43.7 Å². The van der Waals surface area contributed by atoms with Crippen LogP contribution in [0.1, 0.15) is 50.2 Å². The molecule has 0 saturated carbocycles. The molecule has 0 amide bonds. The number of rotatable bonds is 14. The number of halogens is 5. The number of alkyl halides is 3. The van der Waals surface area contributed by atoms with E-state index in [9.17, 15) is 30.8 Å². The van der Waals surface area contributed by atoms with Gasteiger partial charge in [-0.15, -0.1) is 6.58 Å². The molecule has 0 heterocycles. The van der Waals surface area contributed by atoms with E-state index in [1.807, 2.05) is 0 Å². The van der Waals surface area contributed by atoms with E-state index >= 15 is 0 Å². The Morgan fingerprint density at radius 1 is 1.21 bits per heavy atom. The molecule has 0 radical (unpaired) electrons. The van der Waals surface area contributed by atoms with Crippen LogP contribution in [0.5, 0.6) is 0 Å². The minimum atomic E-state index is -4.73. The number of carbonyl (C=O) groups excluding carboxylic acids is 1. The molecule has 1 unspecified atom stereocenters. The molecule has 6 nitrogen and oxygen atoms in total. The van der Waals surface area contributed by atoms with E-state index in [1.165, 1.54) is 32.2 Å². The molecule has 0 aliphatic carbocycles. The van der Waals surface area contributed by atoms with Gasteiger partial charge in [-0.25, -0.2) is 12.8 Å². The lowest BCUT2D eigenvalue weighted by Gasteiger charge is -2.32. The molecule has 0 aliphatic heterocycles. The third kappa shape index (κ3) is 8.76. The van der Waals surface area contributed by atoms with Crippen LogP contribution in [0, 0.1) is 5.82 Å². The second kappa shape index (κ2) is 14.2. The number of hydrogen-bond donors (Lipinski definition) is 0. The number of esters is 1. The van der Waals surface area contributed by atoms with Gasteiger partial charge >= 0.3 is 12.1 Å². The average Bonchev–Trinajstić information content (AvgIpc) is 2.88. The Kier molecular flexibility index (Phi) is 12.0. The molecule has 0 bridgehead atoms. The molecule has 0 aliphatic rings. The lowest BCUT2D eigenvalue weighted by molar-refractivity contribution is -0.142. The molecule has 0 fully saturated rings. The van der Waals surface area contributed by atoms with E-state index in [-0.39, 0.29) is 42.9 Å². The van der Waals surface area contributed by atoms with Crippen molar-refractivity contribution in [3.63, 3.8) is 0 Å². The topological polar surface area (TPSA) is 72.9 Å². The van der Waals surface area contributed by atoms with Crippen molar-refractivity contribution in [3.8, 4) is 0 Å². The molecule has 2 aromatic carbocycles. The third-order valence-electron chi connectivity index (χ3n) is 6.24. The fourth-order valence-electron chi connectivity index (χ4n) is 4.11. The van der Waals surface area contributed by atoms with E-state index in [1.54, 1.807) is 13.0 Å². The Bertz CT molecular complexity index is 1220. The van der Waals surface area contributed by atoms with Gasteiger partial charge in [0, 0.05) is 36.0 Å². The highest BCUT2D eigenvalue weighted by atomic mass is 35.5. The van der Waals surface area contributed by atoms with Crippen molar-refractivity contribution in [2.24, 2.45) is 0 Å². The van der Waals surface area contributed by atoms with Crippen LogP contribution in [0.15, 0.2) is 60.0 Å². The van der Waals surface area contributed by atoms with Crippen molar-refractivity contribution in [1.29, 1.82) is 0 Å². The summed E-state index contributed by atoms with van der Waals surface area (Å²) in [5.41, 5.74) is -0.888. The lowest BCUT2D eigenvalue weighted by Crippen LogP contribution is -2.41. The van der Waals surface area contributed by atoms with Crippen molar-refractivity contribution in [3.05, 3.63) is 77.1 Å². The molecular formula is C27H32ClF4NO5S. The van der Waals surface area contributed by atoms with Gasteiger partial charge in [0.25, 0.3) is 0 Å². The van der Waals surface area contributed by atoms with Crippen molar-refractivity contribution in [2.75, 3.05) is 20.2 Å². The predicted molar refractivity (Wildman–Crippen MR) is 140 cm³/mol. The van der Waals surface area contributed by atoms with Crippen LogP contribution >= 0.6 is 11.6 Å². The maximum absolute atomic E-state index is 14.7. The maximum Gasteiger partial charge on any atom is 0.416 e. The summed E-state index contributed by atoms with van der Waals surface area (Å²) in [6, 6.07) is 7.73. The maximum atomic E-state index is 14.7. The summed E-state index contributed by atoms with van der Waals surface area (Å²) in [7, 11) is -3.17. The minimum absolute atomic E-state index is 0.0344. The SMILES string of the molecule is C=CC[C@@H](O[C@@H](CCC(=O)OC)CN(CC)S(=O)(=O)c1cccc(C(F)(F)F)c1)C(C)c1c(F)cccc1Cl. The van der Waals surface area contributed by atoms with E-state index in [0.717, 1.165) is 22.5 Å². The summed E-state index contributed by atoms with van der Waals surface area (Å²) in [5.74, 6) is -1.69. The number of methoxy groups -OCH3 is 1. The summed E-state index contributed by atoms with van der Waals surface area (Å²) in [4.78, 5) is 11.4. The van der Waals surface area contributed by atoms with Gasteiger partial charge in [0.1, 0.15) is 5.82 Å². The normalized spacial score (nSPS) is 14.6. The number of sulfonamides is 1. The molecule has 2 aromatic rings. The Morgan fingerprint density at radius 2 is 1.87 bits per heavy atom. The number of benzene rings is 2. The molecule has 12 heteroatoms. The molecule has 3 atom stereocenters. The van der Waals surface area contributed by atoms with E-state index in [0.29, 0.717) is 6.07 Å². The molecule has 0 spiro atoms. The van der Waals surface area contributed by atoms with E-state index in [2.05, 4.69) is 6.58 Å². The van der Waals surface area contributed by atoms with E-state index < -0.39 is 56.6 Å². The third-order valence-corrected chi connectivity index (χ3v) is 8.50. The number of nitrogens with zero attached hydrogens (tertiary/aromatic N) is 1. The van der Waals surface area contributed by atoms with Gasteiger partial charge in [-0.3, -0.25) is 4.79 Å². The van der Waals surface area contributed by atoms with Crippen molar-refractivity contribution in [2.45, 2.75) is 62.3 Å². The van der Waals surface area contributed by atoms with Gasteiger partial charge in [-0.2, -0.15) is 17.5 Å². The van der Waals surface area contributed by atoms with Gasteiger partial charge in [0.2, 0.25) is 10.0 Å². The number of hydrogen-bond acceptors (Lipinski definition) is 5. The molecule has 2 rings (SSSR count). The van der Waals surface area contributed by atoms with Crippen LogP contribution in [0.2, 0.25) is 5.02 Å². The number of ether oxygens (including phenoxy) is 2. The highest BCUT2D eigenvalue weighted by Gasteiger charge is 2.34. The fourth-order valence-corrected chi connectivity index (χ4v) is 5.97. The Balaban J connectivity index is 2.41. The first-order valence-corrected chi connectivity index (χ1v) is 14.0. The molecule has 0 saturated heterocycles. The zero-order valence-corrected chi connectivity index (χ0v) is 23.5. The van der Waals surface area contributed by atoms with Crippen molar-refractivity contribution >= 4 is 27.6 Å². The summed E-state index contributed by atoms with van der Waals surface area (Å²) < 4.78 is 93.0. The molecule has 216 valence electrons. The van der Waals surface area contributed by atoms with Crippen LogP contribution < -0.4 is 0 Å². The molecule has 39 heavy (non-hydrogen) atoms. The highest BCUT2D eigenvalue weighted by Crippen LogP contribution is 2.34. The summed E-state index contributed by atoms with van der Waals surface area (Å²) >= 11 is 6.26. The summed E-state index contributed by atoms with van der Waals surface area (Å²) in [6.07, 6.45) is -4.62. The van der Waals surface area contributed by atoms with Crippen LogP contribution in [-0.2, 0) is 30.5 Å². The standard InChI is InChI=1S/C27H32ClF4NO5S/c1-5-9-24(18(3)26-22(28)12-8-13-23(26)29)38-20(14-15-25(34)37-4)17-33(6-2)39(35,36)21-11-7-10-19(16-21)27(30,31)32/h5,7-8,10-13,16,18,20,24H,1,6,9,14-15,17H2,2-4H3/t18?,20-,24+/m0/s1. The average molecular weight is 594 g/mol. The van der Waals surface area contributed by atoms with Gasteiger partial charge in [0.05, 0.1) is 29.8 Å². The zero-order valence-electron chi connectivity index (χ0n) is 21.9. The lowest BCUT2D eigenvalue weighted by atomic mass is 9.92. The van der Waals surface area contributed by atoms with Gasteiger partial charge in [-0.05, 0) is 43.2 Å². The number of likely N-dealkylation sites (N-methyl/N-ethyl adjacent to an activating group) is 1. The van der Waals surface area contributed by atoms with Gasteiger partial charge in [0.15, 0.2) is 0 Å². The summed E-state index contributed by atoms with van der Waals surface area (Å²) in [6.45, 7) is 6.59. The molecular weight excluding hydrogens is 562 g/mol. The Labute approximate surface area is 231 Å². The zero-order chi connectivity index (χ0) is 29.4. The van der Waals surface area contributed by atoms with Crippen molar-refractivity contribution in [1.82, 2.24) is 4.31 Å². The monoisotopic (exact) mass is 593 g/mol. The first-order valence-electron chi connectivity index (χ1n) is 12.2. The van der Waals surface area contributed by atoms with Crippen LogP contribution in [0.3, 0.4) is 0 Å². The van der Waals surface area contributed by atoms with Gasteiger partial charge < -0.3 is 9.47 Å². The highest BCUT2D eigenvalue weighted by molar-refractivity contribution is 7.89. The van der Waals surface area contributed by atoms with Crippen LogP contribution in [0.25, 0.3) is 0 Å². The second-order valence-electron chi connectivity index (χ2n) is 8.84. The van der Waals surface area contributed by atoms with Crippen LogP contribution in [0.4, 0.5) is 17.6 Å². The first kappa shape index (κ1) is 32.7. The predicted octanol–water partition coefficient (Wildman–Crippen LogP) is 6.60. The van der Waals surface area contributed by atoms with Crippen molar-refractivity contribution < 1.29 is 40.2 Å². The van der Waals surface area contributed by atoms with Crippen LogP contribution in [-0.4, -0.2) is 51.1 Å². The quantitative estimate of drug-likeness (QED) is 0.140. The Morgan fingerprint density at radius 3 is 2.44 bits per heavy atom. The second-order valence-corrected chi connectivity index (χ2v) is 11.2.